The maximum atomic E-state index is 12.0. The molecule has 126 valence electrons. The van der Waals surface area contributed by atoms with Crippen LogP contribution in [-0.2, 0) is 16.0 Å². The third kappa shape index (κ3) is 5.82. The summed E-state index contributed by atoms with van der Waals surface area (Å²) in [6, 6.07) is 14.7. The van der Waals surface area contributed by atoms with Crippen molar-refractivity contribution in [3.8, 4) is 0 Å². The van der Waals surface area contributed by atoms with E-state index in [0.717, 1.165) is 13.0 Å². The number of likely N-dealkylation sites (N-methyl/N-ethyl adjacent to an activating group) is 1. The van der Waals surface area contributed by atoms with Gasteiger partial charge in [-0.3, -0.25) is 4.79 Å². The van der Waals surface area contributed by atoms with E-state index < -0.39 is 0 Å². The summed E-state index contributed by atoms with van der Waals surface area (Å²) in [6.45, 7) is 2.39. The lowest BCUT2D eigenvalue weighted by molar-refractivity contribution is -0.128. The third-order valence-electron chi connectivity index (χ3n) is 3.78. The van der Waals surface area contributed by atoms with Crippen molar-refractivity contribution in [2.24, 2.45) is 0 Å². The molecule has 0 fully saturated rings. The molecular weight excluding hydrogens is 312 g/mol. The fraction of sp³-hybridized carbons (Fsp3) is 0.389. The predicted molar refractivity (Wildman–Crippen MR) is 97.3 cm³/mol. The lowest BCUT2D eigenvalue weighted by Gasteiger charge is -2.18. The molecule has 2 aromatic carbocycles. The molecule has 0 radical (unpaired) electrons. The molecule has 0 aliphatic heterocycles. The summed E-state index contributed by atoms with van der Waals surface area (Å²) in [5, 5.41) is 5.59. The summed E-state index contributed by atoms with van der Waals surface area (Å²) in [5.41, 5.74) is 1.28. The van der Waals surface area contributed by atoms with Crippen molar-refractivity contribution in [3.63, 3.8) is 0 Å². The minimum Gasteiger partial charge on any atom is -0.383 e. The van der Waals surface area contributed by atoms with Gasteiger partial charge in [0.2, 0.25) is 5.91 Å². The second-order valence-corrected chi connectivity index (χ2v) is 5.37. The zero-order valence-corrected chi connectivity index (χ0v) is 14.6. The maximum absolute atomic E-state index is 12.0. The SMILES string of the molecule is COCCNCC(=O)N(C)CCc1cccc2ccccc12.Cl. The van der Waals surface area contributed by atoms with Crippen LogP contribution in [0, 0.1) is 0 Å². The number of ether oxygens (including phenoxy) is 1. The second-order valence-electron chi connectivity index (χ2n) is 5.37. The first-order valence-corrected chi connectivity index (χ1v) is 7.62. The highest BCUT2D eigenvalue weighted by molar-refractivity contribution is 5.86. The Labute approximate surface area is 144 Å². The van der Waals surface area contributed by atoms with E-state index in [2.05, 4.69) is 41.7 Å². The lowest BCUT2D eigenvalue weighted by Crippen LogP contribution is -2.37. The zero-order valence-electron chi connectivity index (χ0n) is 13.7. The number of fused-ring (bicyclic) bond motifs is 1. The largest absolute Gasteiger partial charge is 0.383 e. The maximum Gasteiger partial charge on any atom is 0.236 e. The van der Waals surface area contributed by atoms with Crippen LogP contribution >= 0.6 is 12.4 Å². The standard InChI is InChI=1S/C18H24N2O2.ClH/c1-20(18(21)14-19-11-13-22-2)12-10-16-8-5-7-15-6-3-4-9-17(15)16;/h3-9,19H,10-14H2,1-2H3;1H. The van der Waals surface area contributed by atoms with E-state index >= 15 is 0 Å². The number of methoxy groups -OCH3 is 1. The molecule has 0 aliphatic carbocycles. The molecule has 5 heteroatoms. The van der Waals surface area contributed by atoms with Crippen molar-refractivity contribution in [1.82, 2.24) is 10.2 Å². The molecule has 0 saturated carbocycles. The van der Waals surface area contributed by atoms with Gasteiger partial charge in [-0.2, -0.15) is 0 Å². The fourth-order valence-electron chi connectivity index (χ4n) is 2.43. The zero-order chi connectivity index (χ0) is 15.8. The molecule has 1 amide bonds. The van der Waals surface area contributed by atoms with E-state index in [1.165, 1.54) is 16.3 Å². The Morgan fingerprint density at radius 3 is 2.70 bits per heavy atom. The summed E-state index contributed by atoms with van der Waals surface area (Å²) in [6.07, 6.45) is 0.863. The van der Waals surface area contributed by atoms with Gasteiger partial charge >= 0.3 is 0 Å². The number of nitrogens with zero attached hydrogens (tertiary/aromatic N) is 1. The molecule has 0 atom stereocenters. The van der Waals surface area contributed by atoms with Gasteiger partial charge in [0.05, 0.1) is 13.2 Å². The molecule has 0 aromatic heterocycles. The first-order valence-electron chi connectivity index (χ1n) is 7.62. The van der Waals surface area contributed by atoms with Crippen molar-refractivity contribution >= 4 is 29.1 Å². The number of amides is 1. The number of halogens is 1. The Morgan fingerprint density at radius 1 is 1.17 bits per heavy atom. The summed E-state index contributed by atoms with van der Waals surface area (Å²) in [7, 11) is 3.51. The highest BCUT2D eigenvalue weighted by Crippen LogP contribution is 2.18. The normalized spacial score (nSPS) is 10.3. The van der Waals surface area contributed by atoms with Crippen LogP contribution in [0.3, 0.4) is 0 Å². The van der Waals surface area contributed by atoms with Crippen molar-refractivity contribution < 1.29 is 9.53 Å². The van der Waals surface area contributed by atoms with Crippen molar-refractivity contribution in [1.29, 1.82) is 0 Å². The molecule has 0 aliphatic rings. The van der Waals surface area contributed by atoms with Crippen LogP contribution in [-0.4, -0.2) is 51.2 Å². The molecule has 4 nitrogen and oxygen atoms in total. The number of nitrogens with one attached hydrogen (secondary N) is 1. The highest BCUT2D eigenvalue weighted by atomic mass is 35.5. The Morgan fingerprint density at radius 2 is 1.91 bits per heavy atom. The Bertz CT molecular complexity index is 613. The first kappa shape index (κ1) is 19.4. The summed E-state index contributed by atoms with van der Waals surface area (Å²) in [4.78, 5) is 13.8. The number of benzene rings is 2. The number of carbonyl (C=O) groups is 1. The average molecular weight is 337 g/mol. The van der Waals surface area contributed by atoms with Crippen LogP contribution in [0.1, 0.15) is 5.56 Å². The van der Waals surface area contributed by atoms with Gasteiger partial charge in [-0.25, -0.2) is 0 Å². The molecule has 2 rings (SSSR count). The lowest BCUT2D eigenvalue weighted by atomic mass is 10.0. The van der Waals surface area contributed by atoms with Gasteiger partial charge < -0.3 is 15.0 Å². The molecule has 0 saturated heterocycles. The van der Waals surface area contributed by atoms with E-state index in [-0.39, 0.29) is 18.3 Å². The van der Waals surface area contributed by atoms with Crippen LogP contribution in [0.25, 0.3) is 10.8 Å². The molecule has 0 spiro atoms. The Balaban J connectivity index is 0.00000264. The summed E-state index contributed by atoms with van der Waals surface area (Å²) >= 11 is 0. The molecule has 0 bridgehead atoms. The van der Waals surface area contributed by atoms with Gasteiger partial charge in [-0.15, -0.1) is 12.4 Å². The molecular formula is C18H25ClN2O2. The second kappa shape index (κ2) is 10.2. The van der Waals surface area contributed by atoms with Gasteiger partial charge in [-0.1, -0.05) is 42.5 Å². The van der Waals surface area contributed by atoms with Crippen molar-refractivity contribution in [2.45, 2.75) is 6.42 Å². The van der Waals surface area contributed by atoms with Gasteiger partial charge in [0.1, 0.15) is 0 Å². The number of hydrogen-bond donors (Lipinski definition) is 1. The minimum absolute atomic E-state index is 0. The van der Waals surface area contributed by atoms with E-state index in [4.69, 9.17) is 4.74 Å². The van der Waals surface area contributed by atoms with E-state index in [1.807, 2.05) is 13.1 Å². The van der Waals surface area contributed by atoms with Crippen LogP contribution in [0.4, 0.5) is 0 Å². The van der Waals surface area contributed by atoms with Crippen LogP contribution < -0.4 is 5.32 Å². The minimum atomic E-state index is 0. The van der Waals surface area contributed by atoms with E-state index in [0.29, 0.717) is 19.7 Å². The van der Waals surface area contributed by atoms with Crippen molar-refractivity contribution in [2.75, 3.05) is 40.4 Å². The predicted octanol–water partition coefficient (Wildman–Crippen LogP) is 2.50. The number of rotatable bonds is 8. The highest BCUT2D eigenvalue weighted by Gasteiger charge is 2.09. The Kier molecular flexibility index (Phi) is 8.62. The summed E-state index contributed by atoms with van der Waals surface area (Å²) < 4.78 is 4.94. The monoisotopic (exact) mass is 336 g/mol. The van der Waals surface area contributed by atoms with E-state index in [1.54, 1.807) is 12.0 Å². The molecule has 23 heavy (non-hydrogen) atoms. The first-order chi connectivity index (χ1) is 10.7. The van der Waals surface area contributed by atoms with Gasteiger partial charge in [-0.05, 0) is 22.8 Å². The quantitative estimate of drug-likeness (QED) is 0.753. The third-order valence-corrected chi connectivity index (χ3v) is 3.78. The molecule has 1 N–H and O–H groups in total. The fourth-order valence-corrected chi connectivity index (χ4v) is 2.43. The topological polar surface area (TPSA) is 41.6 Å². The van der Waals surface area contributed by atoms with Gasteiger partial charge in [0.15, 0.2) is 0 Å². The summed E-state index contributed by atoms with van der Waals surface area (Å²) in [5.74, 6) is 0.108. The van der Waals surface area contributed by atoms with Crippen LogP contribution in [0.5, 0.6) is 0 Å². The molecule has 2 aromatic rings. The van der Waals surface area contributed by atoms with Crippen LogP contribution in [0.2, 0.25) is 0 Å². The average Bonchev–Trinajstić information content (AvgIpc) is 2.56. The molecule has 0 unspecified atom stereocenters. The van der Waals surface area contributed by atoms with Crippen LogP contribution in [0.15, 0.2) is 42.5 Å². The van der Waals surface area contributed by atoms with Gasteiger partial charge in [0, 0.05) is 27.2 Å². The molecule has 0 heterocycles. The van der Waals surface area contributed by atoms with Gasteiger partial charge in [0.25, 0.3) is 0 Å². The Hall–Kier alpha value is -1.62. The van der Waals surface area contributed by atoms with Crippen molar-refractivity contribution in [3.05, 3.63) is 48.0 Å². The smallest absolute Gasteiger partial charge is 0.236 e. The van der Waals surface area contributed by atoms with E-state index in [9.17, 15) is 4.79 Å². The number of carbonyl (C=O) groups excluding carboxylic acids is 1. The number of hydrogen-bond acceptors (Lipinski definition) is 3.